The van der Waals surface area contributed by atoms with Gasteiger partial charge in [0.25, 0.3) is 0 Å². The van der Waals surface area contributed by atoms with Crippen molar-refractivity contribution in [3.8, 4) is 0 Å². The second kappa shape index (κ2) is 7.30. The molecule has 0 atom stereocenters. The molecule has 2 N–H and O–H groups in total. The lowest BCUT2D eigenvalue weighted by Gasteiger charge is -2.10. The van der Waals surface area contributed by atoms with E-state index in [0.717, 1.165) is 28.8 Å². The molecule has 3 aromatic rings. The van der Waals surface area contributed by atoms with Gasteiger partial charge in [-0.3, -0.25) is 0 Å². The third-order valence-electron chi connectivity index (χ3n) is 4.27. The van der Waals surface area contributed by atoms with Crippen LogP contribution in [-0.4, -0.2) is 22.5 Å². The molecule has 0 fully saturated rings. The first-order valence-electron chi connectivity index (χ1n) is 8.37. The molecule has 1 heterocycles. The zero-order valence-electron chi connectivity index (χ0n) is 14.8. The number of aryl methyl sites for hydroxylation is 3. The monoisotopic (exact) mass is 334 g/mol. The van der Waals surface area contributed by atoms with Gasteiger partial charge in [-0.05, 0) is 56.5 Å². The maximum Gasteiger partial charge on any atom is 0.319 e. The summed E-state index contributed by atoms with van der Waals surface area (Å²) in [6, 6.07) is 13.5. The number of benzene rings is 2. The molecule has 0 bridgehead atoms. The maximum absolute atomic E-state index is 12.1. The van der Waals surface area contributed by atoms with E-state index in [1.807, 2.05) is 44.2 Å². The van der Waals surface area contributed by atoms with Gasteiger partial charge in [-0.2, -0.15) is 0 Å². The van der Waals surface area contributed by atoms with Gasteiger partial charge in [0.2, 0.25) is 0 Å². The molecule has 0 unspecified atom stereocenters. The number of hydrogen-bond acceptors (Lipinski definition) is 3. The third-order valence-corrected chi connectivity index (χ3v) is 4.27. The standard InChI is InChI=1S/C20H22N4O/c1-13-6-4-5-7-16(13)10-11-21-20(25)24-17-8-9-18-19(12-17)23-15(3)14(2)22-18/h4-9,12H,10-11H2,1-3H3,(H2,21,24,25). The summed E-state index contributed by atoms with van der Waals surface area (Å²) in [5.41, 5.74) is 6.61. The van der Waals surface area contributed by atoms with Crippen LogP contribution in [0.1, 0.15) is 22.5 Å². The second-order valence-corrected chi connectivity index (χ2v) is 6.16. The Hall–Kier alpha value is -2.95. The molecule has 5 nitrogen and oxygen atoms in total. The zero-order chi connectivity index (χ0) is 17.8. The van der Waals surface area contributed by atoms with Crippen LogP contribution in [0.5, 0.6) is 0 Å². The Kier molecular flexibility index (Phi) is 4.93. The van der Waals surface area contributed by atoms with Crippen molar-refractivity contribution >= 4 is 22.8 Å². The predicted octanol–water partition coefficient (Wildman–Crippen LogP) is 3.92. The van der Waals surface area contributed by atoms with Gasteiger partial charge in [0.1, 0.15) is 0 Å². The van der Waals surface area contributed by atoms with Crippen molar-refractivity contribution in [3.63, 3.8) is 0 Å². The first kappa shape index (κ1) is 16.9. The molecule has 0 aliphatic rings. The fraction of sp³-hybridized carbons (Fsp3) is 0.250. The summed E-state index contributed by atoms with van der Waals surface area (Å²) in [5, 5.41) is 5.74. The number of rotatable bonds is 4. The highest BCUT2D eigenvalue weighted by atomic mass is 16.2. The van der Waals surface area contributed by atoms with E-state index in [1.165, 1.54) is 11.1 Å². The van der Waals surface area contributed by atoms with Crippen LogP contribution in [-0.2, 0) is 6.42 Å². The Labute approximate surface area is 147 Å². The van der Waals surface area contributed by atoms with E-state index in [-0.39, 0.29) is 6.03 Å². The van der Waals surface area contributed by atoms with Gasteiger partial charge >= 0.3 is 6.03 Å². The fourth-order valence-electron chi connectivity index (χ4n) is 2.69. The number of carbonyl (C=O) groups excluding carboxylic acids is 1. The lowest BCUT2D eigenvalue weighted by molar-refractivity contribution is 0.252. The van der Waals surface area contributed by atoms with Crippen LogP contribution in [0.4, 0.5) is 10.5 Å². The minimum atomic E-state index is -0.218. The SMILES string of the molecule is Cc1ccccc1CCNC(=O)Nc1ccc2nc(C)c(C)nc2c1. The summed E-state index contributed by atoms with van der Waals surface area (Å²) < 4.78 is 0. The molecule has 3 rings (SSSR count). The van der Waals surface area contributed by atoms with Gasteiger partial charge in [-0.1, -0.05) is 24.3 Å². The predicted molar refractivity (Wildman–Crippen MR) is 101 cm³/mol. The van der Waals surface area contributed by atoms with Gasteiger partial charge in [0.05, 0.1) is 22.4 Å². The quantitative estimate of drug-likeness (QED) is 0.760. The van der Waals surface area contributed by atoms with Crippen molar-refractivity contribution in [1.29, 1.82) is 0 Å². The number of anilines is 1. The van der Waals surface area contributed by atoms with Crippen molar-refractivity contribution in [2.75, 3.05) is 11.9 Å². The van der Waals surface area contributed by atoms with Crippen molar-refractivity contribution in [2.24, 2.45) is 0 Å². The molecule has 0 aliphatic carbocycles. The van der Waals surface area contributed by atoms with E-state index < -0.39 is 0 Å². The van der Waals surface area contributed by atoms with E-state index in [0.29, 0.717) is 12.2 Å². The summed E-state index contributed by atoms with van der Waals surface area (Å²) in [6.45, 7) is 6.54. The molecule has 2 aromatic carbocycles. The van der Waals surface area contributed by atoms with Crippen LogP contribution in [0.25, 0.3) is 11.0 Å². The molecule has 0 saturated carbocycles. The van der Waals surface area contributed by atoms with Gasteiger partial charge in [-0.15, -0.1) is 0 Å². The van der Waals surface area contributed by atoms with Crippen LogP contribution in [0.3, 0.4) is 0 Å². The Balaban J connectivity index is 1.60. The van der Waals surface area contributed by atoms with Crippen LogP contribution in [0, 0.1) is 20.8 Å². The molecule has 25 heavy (non-hydrogen) atoms. The van der Waals surface area contributed by atoms with Gasteiger partial charge in [0, 0.05) is 12.2 Å². The van der Waals surface area contributed by atoms with Gasteiger partial charge < -0.3 is 10.6 Å². The summed E-state index contributed by atoms with van der Waals surface area (Å²) in [5.74, 6) is 0. The molecule has 2 amide bonds. The van der Waals surface area contributed by atoms with E-state index in [9.17, 15) is 4.79 Å². The zero-order valence-corrected chi connectivity index (χ0v) is 14.8. The topological polar surface area (TPSA) is 66.9 Å². The molecule has 0 radical (unpaired) electrons. The Bertz CT molecular complexity index is 921. The van der Waals surface area contributed by atoms with E-state index >= 15 is 0 Å². The molecule has 5 heteroatoms. The van der Waals surface area contributed by atoms with Crippen LogP contribution >= 0.6 is 0 Å². The average Bonchev–Trinajstić information content (AvgIpc) is 2.58. The normalized spacial score (nSPS) is 10.7. The highest BCUT2D eigenvalue weighted by Crippen LogP contribution is 2.17. The molecule has 0 spiro atoms. The number of hydrogen-bond donors (Lipinski definition) is 2. The number of aromatic nitrogens is 2. The molecule has 128 valence electrons. The maximum atomic E-state index is 12.1. The largest absolute Gasteiger partial charge is 0.338 e. The summed E-state index contributed by atoms with van der Waals surface area (Å²) in [6.07, 6.45) is 0.807. The van der Waals surface area contributed by atoms with Crippen molar-refractivity contribution in [1.82, 2.24) is 15.3 Å². The number of carbonyl (C=O) groups is 1. The van der Waals surface area contributed by atoms with E-state index in [1.54, 1.807) is 0 Å². The molecule has 0 aliphatic heterocycles. The van der Waals surface area contributed by atoms with Crippen LogP contribution < -0.4 is 10.6 Å². The minimum absolute atomic E-state index is 0.218. The summed E-state index contributed by atoms with van der Waals surface area (Å²) >= 11 is 0. The van der Waals surface area contributed by atoms with Crippen molar-refractivity contribution in [3.05, 3.63) is 65.0 Å². The number of fused-ring (bicyclic) bond motifs is 1. The highest BCUT2D eigenvalue weighted by molar-refractivity contribution is 5.91. The van der Waals surface area contributed by atoms with Crippen LogP contribution in [0.2, 0.25) is 0 Å². The van der Waals surface area contributed by atoms with E-state index in [2.05, 4.69) is 39.7 Å². The van der Waals surface area contributed by atoms with Gasteiger partial charge in [0.15, 0.2) is 0 Å². The molecular weight excluding hydrogens is 312 g/mol. The van der Waals surface area contributed by atoms with Crippen molar-refractivity contribution < 1.29 is 4.79 Å². The fourth-order valence-corrected chi connectivity index (χ4v) is 2.69. The average molecular weight is 334 g/mol. The summed E-state index contributed by atoms with van der Waals surface area (Å²) in [7, 11) is 0. The van der Waals surface area contributed by atoms with Gasteiger partial charge in [-0.25, -0.2) is 14.8 Å². The Morgan fingerprint density at radius 3 is 2.44 bits per heavy atom. The highest BCUT2D eigenvalue weighted by Gasteiger charge is 2.06. The minimum Gasteiger partial charge on any atom is -0.338 e. The first-order valence-corrected chi connectivity index (χ1v) is 8.37. The first-order chi connectivity index (χ1) is 12.0. The van der Waals surface area contributed by atoms with E-state index in [4.69, 9.17) is 0 Å². The van der Waals surface area contributed by atoms with Crippen LogP contribution in [0.15, 0.2) is 42.5 Å². The molecular formula is C20H22N4O. The van der Waals surface area contributed by atoms with Crippen molar-refractivity contribution in [2.45, 2.75) is 27.2 Å². The Morgan fingerprint density at radius 1 is 0.960 bits per heavy atom. The molecule has 1 aromatic heterocycles. The lowest BCUT2D eigenvalue weighted by atomic mass is 10.1. The summed E-state index contributed by atoms with van der Waals surface area (Å²) in [4.78, 5) is 21.1. The number of nitrogens with zero attached hydrogens (tertiary/aromatic N) is 2. The number of urea groups is 1. The number of amides is 2. The third kappa shape index (κ3) is 4.12. The lowest BCUT2D eigenvalue weighted by Crippen LogP contribution is -2.30. The molecule has 0 saturated heterocycles. The Morgan fingerprint density at radius 2 is 1.68 bits per heavy atom. The smallest absolute Gasteiger partial charge is 0.319 e. The number of nitrogens with one attached hydrogen (secondary N) is 2. The second-order valence-electron chi connectivity index (χ2n) is 6.16.